The summed E-state index contributed by atoms with van der Waals surface area (Å²) in [6.45, 7) is 27.8. The summed E-state index contributed by atoms with van der Waals surface area (Å²) in [5, 5.41) is 2.35. The first kappa shape index (κ1) is 41.0. The maximum Gasteiger partial charge on any atom is 0.137 e. The number of ether oxygens (including phenoxy) is 1. The number of pyridine rings is 1. The molecule has 0 unspecified atom stereocenters. The van der Waals surface area contributed by atoms with Crippen molar-refractivity contribution in [1.82, 2.24) is 9.55 Å². The number of nitrogens with zero attached hydrogens (tertiary/aromatic N) is 4. The van der Waals surface area contributed by atoms with Crippen molar-refractivity contribution in [2.45, 2.75) is 99.3 Å². The number of anilines is 4. The lowest BCUT2D eigenvalue weighted by Gasteiger charge is -2.26. The van der Waals surface area contributed by atoms with E-state index < -0.39 is 0 Å². The van der Waals surface area contributed by atoms with Crippen LogP contribution in [0.15, 0.2) is 134 Å². The van der Waals surface area contributed by atoms with Crippen LogP contribution in [0.4, 0.5) is 22.7 Å². The van der Waals surface area contributed by atoms with Gasteiger partial charge in [-0.15, -0.1) is 0 Å². The Kier molecular flexibility index (Phi) is 9.89. The van der Waals surface area contributed by atoms with Gasteiger partial charge in [0.2, 0.25) is 0 Å². The molecular formula is C57H60N4O. The van der Waals surface area contributed by atoms with Crippen LogP contribution in [0, 0.1) is 20.8 Å². The molecule has 1 aliphatic heterocycles. The Labute approximate surface area is 368 Å². The zero-order chi connectivity index (χ0) is 43.9. The fraction of sp³-hybridized carbons (Fsp3) is 0.281. The Bertz CT molecular complexity index is 3000. The van der Waals surface area contributed by atoms with Gasteiger partial charge in [-0.3, -0.25) is 4.57 Å². The molecule has 1 aliphatic rings. The minimum atomic E-state index is -0.0141. The molecular weight excluding hydrogens is 757 g/mol. The van der Waals surface area contributed by atoms with Gasteiger partial charge in [0.25, 0.3) is 0 Å². The van der Waals surface area contributed by atoms with Crippen LogP contribution in [-0.4, -0.2) is 16.2 Å². The Hall–Kier alpha value is -6.33. The number of aromatic nitrogens is 2. The fourth-order valence-electron chi connectivity index (χ4n) is 9.29. The van der Waals surface area contributed by atoms with E-state index in [9.17, 15) is 0 Å². The monoisotopic (exact) mass is 816 g/mol. The summed E-state index contributed by atoms with van der Waals surface area (Å²) in [6.07, 6.45) is 1.93. The molecule has 5 nitrogen and oxygen atoms in total. The first-order chi connectivity index (χ1) is 29.3. The van der Waals surface area contributed by atoms with Gasteiger partial charge in [-0.2, -0.15) is 0 Å². The van der Waals surface area contributed by atoms with E-state index in [-0.39, 0.29) is 16.2 Å². The number of aryl methyl sites for hydroxylation is 3. The summed E-state index contributed by atoms with van der Waals surface area (Å²) >= 11 is 0. The third-order valence-corrected chi connectivity index (χ3v) is 12.6. The second-order valence-electron chi connectivity index (χ2n) is 20.5. The molecule has 0 spiro atoms. The molecule has 0 radical (unpaired) electrons. The number of hydrogen-bond acceptors (Lipinski definition) is 4. The van der Waals surface area contributed by atoms with Crippen molar-refractivity contribution in [3.8, 4) is 28.4 Å². The summed E-state index contributed by atoms with van der Waals surface area (Å²) in [5.74, 6) is 2.45. The van der Waals surface area contributed by atoms with Gasteiger partial charge in [-0.05, 0) is 143 Å². The van der Waals surface area contributed by atoms with Crippen molar-refractivity contribution in [2.24, 2.45) is 0 Å². The molecule has 62 heavy (non-hydrogen) atoms. The SMILES string of the molecule is Cc1cc(C)c(-c2cc(Oc3ccc4c5ccccc5n(-c5cc(C(C)(C)C)ccn5)c4c3)cc(N3CN(c4cccc(C(C)(C)C)c4)c4cc(C(C)(C)C)ccc43)c2)c(C)c1. The minimum absolute atomic E-state index is 0.00105. The third kappa shape index (κ3) is 7.52. The molecule has 0 N–H and O–H groups in total. The van der Waals surface area contributed by atoms with Gasteiger partial charge in [0.05, 0.1) is 22.4 Å². The smallest absolute Gasteiger partial charge is 0.137 e. The molecule has 0 amide bonds. The second-order valence-corrected chi connectivity index (χ2v) is 20.5. The largest absolute Gasteiger partial charge is 0.457 e. The maximum absolute atomic E-state index is 7.06. The summed E-state index contributed by atoms with van der Waals surface area (Å²) in [6, 6.07) is 46.9. The molecule has 0 aliphatic carbocycles. The molecule has 3 heterocycles. The molecule has 8 aromatic rings. The lowest BCUT2D eigenvalue weighted by atomic mass is 9.86. The molecule has 9 rings (SSSR count). The van der Waals surface area contributed by atoms with E-state index in [2.05, 4.69) is 225 Å². The Morgan fingerprint density at radius 1 is 0.500 bits per heavy atom. The molecule has 5 heteroatoms. The molecule has 314 valence electrons. The van der Waals surface area contributed by atoms with Crippen molar-refractivity contribution in [3.05, 3.63) is 167 Å². The summed E-state index contributed by atoms with van der Waals surface area (Å²) in [4.78, 5) is 9.86. The predicted molar refractivity (Wildman–Crippen MR) is 263 cm³/mol. The normalized spacial score (nSPS) is 13.4. The number of hydrogen-bond donors (Lipinski definition) is 0. The Morgan fingerprint density at radius 3 is 1.89 bits per heavy atom. The van der Waals surface area contributed by atoms with Crippen molar-refractivity contribution in [1.29, 1.82) is 0 Å². The molecule has 0 saturated heterocycles. The van der Waals surface area contributed by atoms with Crippen molar-refractivity contribution >= 4 is 44.6 Å². The molecule has 2 aromatic heterocycles. The lowest BCUT2D eigenvalue weighted by Crippen LogP contribution is -2.24. The topological polar surface area (TPSA) is 33.5 Å². The van der Waals surface area contributed by atoms with Gasteiger partial charge < -0.3 is 14.5 Å². The average molecular weight is 817 g/mol. The highest BCUT2D eigenvalue weighted by Crippen LogP contribution is 2.48. The highest BCUT2D eigenvalue weighted by Gasteiger charge is 2.31. The van der Waals surface area contributed by atoms with E-state index >= 15 is 0 Å². The van der Waals surface area contributed by atoms with Crippen LogP contribution < -0.4 is 14.5 Å². The van der Waals surface area contributed by atoms with Gasteiger partial charge in [0.1, 0.15) is 24.0 Å². The summed E-state index contributed by atoms with van der Waals surface area (Å²) < 4.78 is 9.34. The summed E-state index contributed by atoms with van der Waals surface area (Å²) in [7, 11) is 0. The highest BCUT2D eigenvalue weighted by molar-refractivity contribution is 6.09. The lowest BCUT2D eigenvalue weighted by molar-refractivity contribution is 0.483. The third-order valence-electron chi connectivity index (χ3n) is 12.6. The number of rotatable bonds is 6. The first-order valence-electron chi connectivity index (χ1n) is 22.0. The van der Waals surface area contributed by atoms with Crippen LogP contribution >= 0.6 is 0 Å². The highest BCUT2D eigenvalue weighted by atomic mass is 16.5. The van der Waals surface area contributed by atoms with E-state index in [1.165, 1.54) is 61.4 Å². The van der Waals surface area contributed by atoms with E-state index in [0.29, 0.717) is 6.67 Å². The van der Waals surface area contributed by atoms with Gasteiger partial charge >= 0.3 is 0 Å². The van der Waals surface area contributed by atoms with Crippen LogP contribution in [0.2, 0.25) is 0 Å². The summed E-state index contributed by atoms with van der Waals surface area (Å²) in [5.41, 5.74) is 16.8. The predicted octanol–water partition coefficient (Wildman–Crippen LogP) is 15.7. The van der Waals surface area contributed by atoms with Gasteiger partial charge in [-0.1, -0.05) is 116 Å². The van der Waals surface area contributed by atoms with Crippen LogP contribution in [0.25, 0.3) is 38.8 Å². The molecule has 0 atom stereocenters. The molecule has 0 fully saturated rings. The van der Waals surface area contributed by atoms with E-state index in [1.807, 2.05) is 6.20 Å². The van der Waals surface area contributed by atoms with Crippen molar-refractivity contribution in [2.75, 3.05) is 16.5 Å². The second kappa shape index (κ2) is 14.9. The van der Waals surface area contributed by atoms with Gasteiger partial charge in [0, 0.05) is 40.5 Å². The molecule has 6 aromatic carbocycles. The number of fused-ring (bicyclic) bond motifs is 4. The van der Waals surface area contributed by atoms with Gasteiger partial charge in [0.15, 0.2) is 0 Å². The zero-order valence-electron chi connectivity index (χ0n) is 38.6. The number of benzene rings is 6. The van der Waals surface area contributed by atoms with E-state index in [1.54, 1.807) is 0 Å². The molecule has 0 saturated carbocycles. The Balaban J connectivity index is 1.20. The number of para-hydroxylation sites is 1. The fourth-order valence-corrected chi connectivity index (χ4v) is 9.29. The van der Waals surface area contributed by atoms with Gasteiger partial charge in [-0.25, -0.2) is 4.98 Å². The van der Waals surface area contributed by atoms with E-state index in [4.69, 9.17) is 9.72 Å². The van der Waals surface area contributed by atoms with Crippen molar-refractivity contribution in [3.63, 3.8) is 0 Å². The van der Waals surface area contributed by atoms with Crippen LogP contribution in [0.1, 0.15) is 95.7 Å². The minimum Gasteiger partial charge on any atom is -0.457 e. The zero-order valence-corrected chi connectivity index (χ0v) is 38.6. The van der Waals surface area contributed by atoms with Crippen LogP contribution in [-0.2, 0) is 16.2 Å². The van der Waals surface area contributed by atoms with Crippen molar-refractivity contribution < 1.29 is 4.74 Å². The van der Waals surface area contributed by atoms with Crippen LogP contribution in [0.3, 0.4) is 0 Å². The van der Waals surface area contributed by atoms with E-state index in [0.717, 1.165) is 45.0 Å². The maximum atomic E-state index is 7.06. The molecule has 0 bridgehead atoms. The van der Waals surface area contributed by atoms with Crippen LogP contribution in [0.5, 0.6) is 11.5 Å². The quantitative estimate of drug-likeness (QED) is 0.167. The first-order valence-corrected chi connectivity index (χ1v) is 22.0. The standard InChI is InChI=1S/C57H60N4O/c1-36-26-37(2)54(38(3)27-36)39-28-44(60-35-59(43-17-15-16-40(30-43)55(4,5)6)52-31-41(56(7,8)9)20-23-50(52)60)33-46(29-39)62-45-21-22-48-47-18-13-14-19-49(47)61(51(48)34-45)53-32-42(24-25-58-53)57(10,11)12/h13-34H,35H2,1-12H3. The Morgan fingerprint density at radius 2 is 1.16 bits per heavy atom. The average Bonchev–Trinajstić information content (AvgIpc) is 3.75.